The molecule has 5 aromatic rings. The van der Waals surface area contributed by atoms with Crippen molar-refractivity contribution in [2.75, 3.05) is 104 Å². The quantitative estimate of drug-likeness (QED) is 0.0128. The summed E-state index contributed by atoms with van der Waals surface area (Å²) in [7, 11) is 1.83. The Kier molecular flexibility index (Phi) is 35.9. The van der Waals surface area contributed by atoms with Crippen molar-refractivity contribution in [2.45, 2.75) is 225 Å². The van der Waals surface area contributed by atoms with E-state index in [2.05, 4.69) is 109 Å². The summed E-state index contributed by atoms with van der Waals surface area (Å²) in [4.78, 5) is 144. The number of unbranched alkanes of at least 4 members (excludes halogenated alkanes) is 4. The molecule has 29 nitrogen and oxygen atoms in total. The number of aryl methyl sites for hydroxylation is 3. The van der Waals surface area contributed by atoms with Crippen molar-refractivity contribution in [3.63, 3.8) is 0 Å². The number of likely N-dealkylation sites (N-methyl/N-ethyl adjacent to an activating group) is 1. The number of fused-ring (bicyclic) bond motifs is 4. The van der Waals surface area contributed by atoms with Gasteiger partial charge in [-0.3, -0.25) is 48.2 Å². The molecule has 0 fully saturated rings. The normalized spacial score (nSPS) is 14.6. The number of anilines is 1. The Bertz CT molecular complexity index is 4820. The van der Waals surface area contributed by atoms with Gasteiger partial charge in [0.05, 0.1) is 38.4 Å². The van der Waals surface area contributed by atoms with Gasteiger partial charge in [0.2, 0.25) is 17.2 Å². The predicted octanol–water partition coefficient (Wildman–Crippen LogP) is 9.05. The Morgan fingerprint density at radius 1 is 0.561 bits per heavy atom. The van der Waals surface area contributed by atoms with Crippen molar-refractivity contribution in [2.24, 2.45) is 0 Å². The first-order valence-electron chi connectivity index (χ1n) is 43.5. The number of amides is 5. The fraction of sp³-hybridized carbons (Fsp3) is 0.532. The zero-order valence-corrected chi connectivity index (χ0v) is 72.5. The zero-order chi connectivity index (χ0) is 89.1. The number of Topliss-reactive ketones (excluding diaryl/α,β-unsaturated/α-hetero) is 2. The second-order valence-corrected chi connectivity index (χ2v) is 34.0. The third-order valence-electron chi connectivity index (χ3n) is 23.8. The summed E-state index contributed by atoms with van der Waals surface area (Å²) in [6.07, 6.45) is 12.3. The monoisotopic (exact) mass is 1700 g/mol. The van der Waals surface area contributed by atoms with E-state index in [4.69, 9.17) is 14.6 Å². The number of nitrogens with one attached hydrogen (secondary N) is 4. The van der Waals surface area contributed by atoms with Gasteiger partial charge >= 0.3 is 35.9 Å². The van der Waals surface area contributed by atoms with Crippen LogP contribution in [-0.2, 0) is 96.8 Å². The van der Waals surface area contributed by atoms with Crippen LogP contribution < -0.4 is 41.3 Å². The van der Waals surface area contributed by atoms with Crippen LogP contribution in [0.4, 0.5) is 10.5 Å². The molecular formula is C94H126N9O20+. The van der Waals surface area contributed by atoms with E-state index < -0.39 is 73.9 Å². The number of benzene rings is 5. The molecule has 29 heteroatoms. The molecule has 3 aliphatic heterocycles. The number of carbonyl (C=O) groups excluding carboxylic acids is 6. The van der Waals surface area contributed by atoms with Gasteiger partial charge in [-0.05, 0) is 191 Å². The van der Waals surface area contributed by atoms with Crippen molar-refractivity contribution < 1.29 is 98.0 Å². The molecule has 3 heterocycles. The Morgan fingerprint density at radius 2 is 1.14 bits per heavy atom. The van der Waals surface area contributed by atoms with Crippen LogP contribution in [0, 0.1) is 0 Å². The Labute approximate surface area is 720 Å². The highest BCUT2D eigenvalue weighted by Gasteiger charge is 2.42. The van der Waals surface area contributed by atoms with Crippen LogP contribution in [0.1, 0.15) is 235 Å². The van der Waals surface area contributed by atoms with Crippen LogP contribution in [0.3, 0.4) is 0 Å². The van der Waals surface area contributed by atoms with Gasteiger partial charge < -0.3 is 76.3 Å². The number of aromatic hydroxyl groups is 2. The van der Waals surface area contributed by atoms with E-state index in [0.29, 0.717) is 125 Å². The van der Waals surface area contributed by atoms with Gasteiger partial charge in [0.25, 0.3) is 5.91 Å². The van der Waals surface area contributed by atoms with E-state index in [0.717, 1.165) is 62.0 Å². The Balaban J connectivity index is 0.638. The minimum Gasteiger partial charge on any atom is -0.508 e. The maximum absolute atomic E-state index is 14.9. The molecule has 0 saturated carbocycles. The van der Waals surface area contributed by atoms with Crippen molar-refractivity contribution in [3.8, 4) is 11.5 Å². The third kappa shape index (κ3) is 27.6. The van der Waals surface area contributed by atoms with Crippen LogP contribution >= 0.6 is 0 Å². The first kappa shape index (κ1) is 95.9. The van der Waals surface area contributed by atoms with Gasteiger partial charge in [0, 0.05) is 168 Å². The van der Waals surface area contributed by atoms with E-state index >= 15 is 0 Å². The lowest BCUT2D eigenvalue weighted by atomic mass is 9.65. The highest BCUT2D eigenvalue weighted by Crippen LogP contribution is 2.49. The number of rotatable bonds is 53. The fourth-order valence-corrected chi connectivity index (χ4v) is 17.6. The molecule has 9 rings (SSSR count). The average Bonchev–Trinajstić information content (AvgIpc) is 0.692. The third-order valence-corrected chi connectivity index (χ3v) is 23.8. The first-order chi connectivity index (χ1) is 58.7. The van der Waals surface area contributed by atoms with Crippen molar-refractivity contribution in [3.05, 3.63) is 162 Å². The van der Waals surface area contributed by atoms with E-state index in [-0.39, 0.29) is 130 Å². The van der Waals surface area contributed by atoms with E-state index in [9.17, 15) is 83.4 Å². The van der Waals surface area contributed by atoms with Crippen LogP contribution in [-0.4, -0.2) is 232 Å². The number of ether oxygens (including phenoxy) is 2. The predicted molar refractivity (Wildman–Crippen MR) is 465 cm³/mol. The number of ketones is 2. The average molecular weight is 1700 g/mol. The smallest absolute Gasteiger partial charge is 0.326 e. The molecule has 0 saturated heterocycles. The molecule has 5 aromatic carbocycles. The van der Waals surface area contributed by atoms with Crippen molar-refractivity contribution in [1.82, 2.24) is 40.5 Å². The van der Waals surface area contributed by atoms with Gasteiger partial charge in [-0.25, -0.2) is 19.0 Å². The number of phenolic OH excluding ortho intramolecular Hbond substituents is 2. The molecule has 11 N–H and O–H groups in total. The molecule has 0 spiro atoms. The number of carboxylic acid groups (broad SMARTS) is 5. The van der Waals surface area contributed by atoms with Gasteiger partial charge in [0.1, 0.15) is 48.2 Å². The largest absolute Gasteiger partial charge is 0.508 e. The lowest BCUT2D eigenvalue weighted by molar-refractivity contribution is -0.141. The standard InChI is InChI=1S/C94H125N9O20/c1-8-103-78-55-75-73(54-72(78)61(2)56-93(103,3)4)86(74-53-64-21-17-43-102-44-19-27-71(88(64)102)87(74)94(75,5)6)69-25-13-14-26-70(69)89(116)99(7)42-18-23-67(104)24-20-47-122-49-50-123-48-41-96-82(109)38-33-63-32-37-80(107)66(52-63)58-101(60-85(114)115)46-45-100(59-84(112)113)57-65-51-62(31-36-79(65)106)30-34-68(105)22-11-9-10-12-29-81(108)95-40-16-15-28-76(90(117)118)97-92(121)98-77(91(119)120)35-39-83(110)111/h13-14,25-26,31-32,36-37,51-56,76-77H,8-12,15-24,27-30,33-35,38-50,57-60H2,1-7H3,(H10-,95,96,97,98,106,107,108,109,110,111,112,113,114,115,117,118,119,120,121)/p+1. The maximum atomic E-state index is 14.9. The number of nitrogens with zero attached hydrogens (tertiary/aromatic N) is 5. The lowest BCUT2D eigenvalue weighted by Crippen LogP contribution is -2.51. The van der Waals surface area contributed by atoms with Crippen LogP contribution in [0.2, 0.25) is 0 Å². The summed E-state index contributed by atoms with van der Waals surface area (Å²) in [6.45, 7) is 18.2. The molecule has 1 aliphatic carbocycles. The van der Waals surface area contributed by atoms with Crippen LogP contribution in [0.5, 0.6) is 11.5 Å². The lowest BCUT2D eigenvalue weighted by Gasteiger charge is -2.45. The molecule has 2 unspecified atom stereocenters. The number of carbonyl (C=O) groups is 11. The highest BCUT2D eigenvalue weighted by molar-refractivity contribution is 6.03. The molecule has 2 atom stereocenters. The number of allylic oxidation sites excluding steroid dienone is 1. The van der Waals surface area contributed by atoms with E-state index in [1.165, 1.54) is 67.3 Å². The van der Waals surface area contributed by atoms with Gasteiger partial charge in [0.15, 0.2) is 0 Å². The SMILES string of the molecule is CCN1c2cc3c(cc2C(C)=CC1(C)C)C(c1ccccc1C(=O)N(C)CCCC(=O)CCCOCCOCCNC(=O)CCc1ccc(O)c(CN(CCN(CC(=O)O)Cc2cc(CCC(=O)CCCCCCC(=O)NCCCCC(NC(=O)NC(CCC(=O)O)C(=O)O)C(=O)O)ccc2O)CC(=O)O)c1)=c1cc2c4c(c1C3(C)C)CCC[N+]=4CCC2. The highest BCUT2D eigenvalue weighted by atomic mass is 16.5. The number of phenols is 2. The number of carboxylic acids is 5. The molecule has 666 valence electrons. The summed E-state index contributed by atoms with van der Waals surface area (Å²) in [5, 5.41) is 81.8. The fourth-order valence-electron chi connectivity index (χ4n) is 17.6. The Morgan fingerprint density at radius 3 is 1.77 bits per heavy atom. The summed E-state index contributed by atoms with van der Waals surface area (Å²) in [5.74, 6) is -6.96. The zero-order valence-electron chi connectivity index (χ0n) is 72.5. The second-order valence-electron chi connectivity index (χ2n) is 34.0. The summed E-state index contributed by atoms with van der Waals surface area (Å²) in [6, 6.07) is 21.2. The van der Waals surface area contributed by atoms with Crippen molar-refractivity contribution in [1.29, 1.82) is 0 Å². The summed E-state index contributed by atoms with van der Waals surface area (Å²) < 4.78 is 14.1. The summed E-state index contributed by atoms with van der Waals surface area (Å²) in [5.41, 5.74) is 14.9. The molecular weight excluding hydrogens is 1580 g/mol. The second kappa shape index (κ2) is 46.0. The number of hydrogen-bond acceptors (Lipinski definition) is 18. The molecule has 0 aromatic heterocycles. The molecule has 0 bridgehead atoms. The minimum atomic E-state index is -1.53. The van der Waals surface area contributed by atoms with Crippen LogP contribution in [0.15, 0.2) is 84.9 Å². The van der Waals surface area contributed by atoms with Gasteiger partial charge in [-0.15, -0.1) is 0 Å². The minimum absolute atomic E-state index is 0.00974. The first-order valence-corrected chi connectivity index (χ1v) is 43.5. The number of aliphatic carboxylic acids is 5. The van der Waals surface area contributed by atoms with Gasteiger partial charge in [-0.2, -0.15) is 0 Å². The number of urea groups is 1. The number of hydrogen-bond donors (Lipinski definition) is 11. The molecule has 123 heavy (non-hydrogen) atoms. The summed E-state index contributed by atoms with van der Waals surface area (Å²) >= 11 is 0. The maximum Gasteiger partial charge on any atom is 0.326 e. The van der Waals surface area contributed by atoms with Crippen molar-refractivity contribution >= 4 is 82.0 Å². The van der Waals surface area contributed by atoms with E-state index in [1.54, 1.807) is 39.0 Å². The van der Waals surface area contributed by atoms with E-state index in [1.807, 2.05) is 19.2 Å². The Hall–Kier alpha value is -10.9. The molecule has 0 radical (unpaired) electrons. The van der Waals surface area contributed by atoms with Gasteiger partial charge in [-0.1, -0.05) is 75.2 Å². The molecule has 5 amide bonds. The molecule has 4 aliphatic rings. The van der Waals surface area contributed by atoms with Crippen LogP contribution in [0.25, 0.3) is 11.1 Å². The topological polar surface area (TPSA) is 412 Å².